The number of likely N-dealkylation sites (tertiary alicyclic amines) is 1. The fraction of sp³-hybridized carbons (Fsp3) is 0.529. The first-order valence-electron chi connectivity index (χ1n) is 15.6. The number of rotatable bonds is 9. The molecule has 3 heterocycles. The van der Waals surface area contributed by atoms with E-state index in [2.05, 4.69) is 28.7 Å². The Morgan fingerprint density at radius 3 is 2.29 bits per heavy atom. The molecule has 0 spiro atoms. The van der Waals surface area contributed by atoms with E-state index in [4.69, 9.17) is 9.57 Å². The highest BCUT2D eigenvalue weighted by molar-refractivity contribution is 5.96. The third kappa shape index (κ3) is 7.21. The number of piperazine rings is 1. The number of benzene rings is 2. The molecule has 0 unspecified atom stereocenters. The molecule has 2 aliphatic heterocycles. The molecule has 3 aromatic rings. The van der Waals surface area contributed by atoms with Crippen LogP contribution in [0.5, 0.6) is 0 Å². The number of carbonyl (C=O) groups is 1. The van der Waals surface area contributed by atoms with Gasteiger partial charge in [0.25, 0.3) is 5.91 Å². The monoisotopic (exact) mass is 627 g/mol. The van der Waals surface area contributed by atoms with E-state index in [0.29, 0.717) is 43.3 Å². The standard InChI is InChI=1S/C34H44F3N5O3/c1-24-21-40(19-20-41(24)30(23-44-5)28-11-13-29(14-12-28)34(35,36)37)33(4)15-17-39(18-16-33)32(43)31-25(2)38-42(26(31)3)45-22-27-9-7-6-8-10-27/h6-14,24,30H,15-23H2,1-5H3/t24-,30-/m0/s1. The van der Waals surface area contributed by atoms with Gasteiger partial charge in [0.1, 0.15) is 6.61 Å². The first-order chi connectivity index (χ1) is 21.4. The van der Waals surface area contributed by atoms with E-state index < -0.39 is 11.7 Å². The molecule has 5 rings (SSSR count). The van der Waals surface area contributed by atoms with E-state index in [0.717, 1.165) is 55.7 Å². The number of methoxy groups -OCH3 is 1. The van der Waals surface area contributed by atoms with Crippen LogP contribution >= 0.6 is 0 Å². The minimum atomic E-state index is -4.36. The molecule has 2 aromatic carbocycles. The predicted octanol–water partition coefficient (Wildman–Crippen LogP) is 5.54. The average Bonchev–Trinajstić information content (AvgIpc) is 3.31. The van der Waals surface area contributed by atoms with E-state index in [-0.39, 0.29) is 23.5 Å². The van der Waals surface area contributed by atoms with Gasteiger partial charge in [0, 0.05) is 51.4 Å². The van der Waals surface area contributed by atoms with Crippen LogP contribution in [0.1, 0.15) is 71.2 Å². The lowest BCUT2D eigenvalue weighted by Gasteiger charge is -2.52. The van der Waals surface area contributed by atoms with Crippen LogP contribution < -0.4 is 4.84 Å². The summed E-state index contributed by atoms with van der Waals surface area (Å²) in [5.74, 6) is -0.0150. The number of amides is 1. The summed E-state index contributed by atoms with van der Waals surface area (Å²) in [6, 6.07) is 15.3. The number of nitrogens with zero attached hydrogens (tertiary/aromatic N) is 5. The van der Waals surface area contributed by atoms with Crippen molar-refractivity contribution in [3.8, 4) is 0 Å². The van der Waals surface area contributed by atoms with Crippen LogP contribution in [0.2, 0.25) is 0 Å². The quantitative estimate of drug-likeness (QED) is 0.311. The smallest absolute Gasteiger partial charge is 0.392 e. The van der Waals surface area contributed by atoms with E-state index in [1.54, 1.807) is 19.2 Å². The lowest BCUT2D eigenvalue weighted by atomic mass is 9.86. The molecule has 2 saturated heterocycles. The van der Waals surface area contributed by atoms with Crippen LogP contribution in [0.15, 0.2) is 54.6 Å². The van der Waals surface area contributed by atoms with Crippen molar-refractivity contribution in [3.63, 3.8) is 0 Å². The van der Waals surface area contributed by atoms with Crippen molar-refractivity contribution in [2.24, 2.45) is 0 Å². The summed E-state index contributed by atoms with van der Waals surface area (Å²) in [6.45, 7) is 12.7. The third-order valence-corrected chi connectivity index (χ3v) is 9.58. The van der Waals surface area contributed by atoms with E-state index in [1.807, 2.05) is 49.1 Å². The van der Waals surface area contributed by atoms with Crippen LogP contribution in [0.3, 0.4) is 0 Å². The zero-order valence-corrected chi connectivity index (χ0v) is 26.8. The van der Waals surface area contributed by atoms with Crippen molar-refractivity contribution >= 4 is 5.91 Å². The van der Waals surface area contributed by atoms with Gasteiger partial charge in [-0.05, 0) is 63.8 Å². The number of carbonyl (C=O) groups excluding carboxylic acids is 1. The van der Waals surface area contributed by atoms with Crippen molar-refractivity contribution in [1.29, 1.82) is 0 Å². The second-order valence-corrected chi connectivity index (χ2v) is 12.6. The van der Waals surface area contributed by atoms with Crippen molar-refractivity contribution in [2.45, 2.75) is 70.9 Å². The summed E-state index contributed by atoms with van der Waals surface area (Å²) in [5, 5.41) is 4.50. The third-order valence-electron chi connectivity index (χ3n) is 9.58. The fourth-order valence-electron chi connectivity index (χ4n) is 6.79. The number of aryl methyl sites for hydroxylation is 1. The van der Waals surface area contributed by atoms with Crippen LogP contribution in [-0.4, -0.2) is 88.6 Å². The Hall–Kier alpha value is -3.41. The first kappa shape index (κ1) is 33.0. The summed E-state index contributed by atoms with van der Waals surface area (Å²) in [6.07, 6.45) is -2.66. The first-order valence-corrected chi connectivity index (χ1v) is 15.6. The lowest BCUT2D eigenvalue weighted by molar-refractivity contribution is -0.137. The largest absolute Gasteiger partial charge is 0.416 e. The molecule has 8 nitrogen and oxygen atoms in total. The van der Waals surface area contributed by atoms with Gasteiger partial charge in [0.2, 0.25) is 0 Å². The van der Waals surface area contributed by atoms with Crippen molar-refractivity contribution in [3.05, 3.63) is 88.2 Å². The lowest BCUT2D eigenvalue weighted by Crippen LogP contribution is -2.62. The van der Waals surface area contributed by atoms with E-state index in [1.165, 1.54) is 4.85 Å². The highest BCUT2D eigenvalue weighted by atomic mass is 19.4. The SMILES string of the molecule is COC[C@@H](c1ccc(C(F)(F)F)cc1)N1CCN(C2(C)CCN(C(=O)c3c(C)nn(OCc4ccccc4)c3C)CC2)C[C@@H]1C. The highest BCUT2D eigenvalue weighted by Crippen LogP contribution is 2.35. The molecule has 1 amide bonds. The maximum absolute atomic E-state index is 13.7. The summed E-state index contributed by atoms with van der Waals surface area (Å²) >= 11 is 0. The number of alkyl halides is 3. The number of halogens is 3. The van der Waals surface area contributed by atoms with Gasteiger partial charge in [-0.25, -0.2) is 0 Å². The Bertz CT molecular complexity index is 1440. The molecule has 45 heavy (non-hydrogen) atoms. The van der Waals surface area contributed by atoms with Gasteiger partial charge < -0.3 is 14.5 Å². The Morgan fingerprint density at radius 2 is 1.69 bits per heavy atom. The molecule has 0 bridgehead atoms. The number of hydrogen-bond donors (Lipinski definition) is 0. The number of ether oxygens (including phenoxy) is 1. The molecule has 11 heteroatoms. The normalized spacial score (nSPS) is 20.3. The number of piperidine rings is 1. The second kappa shape index (κ2) is 13.5. The molecule has 0 radical (unpaired) electrons. The molecule has 244 valence electrons. The molecule has 0 aliphatic carbocycles. The van der Waals surface area contributed by atoms with Gasteiger partial charge in [-0.1, -0.05) is 42.5 Å². The maximum atomic E-state index is 13.7. The minimum absolute atomic E-state index is 0.0150. The molecular formula is C34H44F3N5O3. The molecule has 2 aliphatic rings. The molecular weight excluding hydrogens is 583 g/mol. The number of aromatic nitrogens is 2. The second-order valence-electron chi connectivity index (χ2n) is 12.6. The van der Waals surface area contributed by atoms with Crippen LogP contribution in [0.4, 0.5) is 13.2 Å². The van der Waals surface area contributed by atoms with Gasteiger partial charge in [0.05, 0.1) is 35.2 Å². The van der Waals surface area contributed by atoms with Gasteiger partial charge >= 0.3 is 6.18 Å². The summed E-state index contributed by atoms with van der Waals surface area (Å²) in [5.41, 5.74) is 3.09. The van der Waals surface area contributed by atoms with E-state index in [9.17, 15) is 18.0 Å². The van der Waals surface area contributed by atoms with Crippen LogP contribution in [0.25, 0.3) is 0 Å². The molecule has 0 saturated carbocycles. The topological polar surface area (TPSA) is 63.1 Å². The summed E-state index contributed by atoms with van der Waals surface area (Å²) in [4.78, 5) is 27.8. The van der Waals surface area contributed by atoms with Crippen molar-refractivity contribution < 1.29 is 27.5 Å². The van der Waals surface area contributed by atoms with Crippen molar-refractivity contribution in [2.75, 3.05) is 46.4 Å². The summed E-state index contributed by atoms with van der Waals surface area (Å²) in [7, 11) is 1.62. The zero-order valence-electron chi connectivity index (χ0n) is 26.8. The molecule has 1 aromatic heterocycles. The average molecular weight is 628 g/mol. The highest BCUT2D eigenvalue weighted by Gasteiger charge is 2.42. The van der Waals surface area contributed by atoms with Gasteiger partial charge in [0.15, 0.2) is 0 Å². The maximum Gasteiger partial charge on any atom is 0.416 e. The minimum Gasteiger partial charge on any atom is -0.392 e. The fourth-order valence-corrected chi connectivity index (χ4v) is 6.79. The van der Waals surface area contributed by atoms with E-state index >= 15 is 0 Å². The van der Waals surface area contributed by atoms with Gasteiger partial charge in [-0.15, -0.1) is 9.94 Å². The Kier molecular flexibility index (Phi) is 9.91. The Labute approximate surface area is 263 Å². The zero-order chi connectivity index (χ0) is 32.4. The molecule has 0 N–H and O–H groups in total. The molecule has 2 fully saturated rings. The predicted molar refractivity (Wildman–Crippen MR) is 166 cm³/mol. The number of hydrogen-bond acceptors (Lipinski definition) is 6. The molecule has 2 atom stereocenters. The summed E-state index contributed by atoms with van der Waals surface area (Å²) < 4.78 is 44.9. The van der Waals surface area contributed by atoms with Gasteiger partial charge in [-0.2, -0.15) is 13.2 Å². The Morgan fingerprint density at radius 1 is 1.02 bits per heavy atom. The van der Waals surface area contributed by atoms with Crippen LogP contribution in [0, 0.1) is 13.8 Å². The van der Waals surface area contributed by atoms with Crippen molar-refractivity contribution in [1.82, 2.24) is 24.6 Å². The van der Waals surface area contributed by atoms with Crippen LogP contribution in [-0.2, 0) is 17.5 Å². The Balaban J connectivity index is 1.19. The van der Waals surface area contributed by atoms with Gasteiger partial charge in [-0.3, -0.25) is 14.6 Å².